The Bertz CT molecular complexity index is 1530. The van der Waals surface area contributed by atoms with Crippen LogP contribution in [0.1, 0.15) is 23.1 Å². The van der Waals surface area contributed by atoms with Gasteiger partial charge in [0.15, 0.2) is 0 Å². The van der Waals surface area contributed by atoms with Crippen molar-refractivity contribution >= 4 is 42.4 Å². The number of pyridine rings is 1. The monoisotopic (exact) mass is 601 g/mol. The number of likely N-dealkylation sites (tertiary alicyclic amines) is 1. The Morgan fingerprint density at radius 3 is 2.64 bits per heavy atom. The first kappa shape index (κ1) is 30.1. The summed E-state index contributed by atoms with van der Waals surface area (Å²) in [6, 6.07) is 27.3. The number of nitrogens with zero attached hydrogens (tertiary/aromatic N) is 3. The fraction of sp³-hybridized carbons (Fsp3) is 0.353. The first-order valence-corrected chi connectivity index (χ1v) is 18.7. The molecular weight excluding hydrogens is 562 g/mol. The van der Waals surface area contributed by atoms with Crippen LogP contribution in [-0.2, 0) is 21.6 Å². The number of amides is 1. The van der Waals surface area contributed by atoms with Crippen molar-refractivity contribution in [1.82, 2.24) is 9.88 Å². The summed E-state index contributed by atoms with van der Waals surface area (Å²) in [4.78, 5) is 22.2. The zero-order chi connectivity index (χ0) is 29.7. The van der Waals surface area contributed by atoms with E-state index in [0.29, 0.717) is 37.9 Å². The maximum atomic E-state index is 13.4. The first-order chi connectivity index (χ1) is 20.2. The SMILES string of the molecule is Cc1c(Cl)cccc1C1(N(COCC[Si](C)(C)C)c2ccc3cccnc3c2)CCN(C(=O)OCc2ccccc2)C1. The lowest BCUT2D eigenvalue weighted by atomic mass is 9.84. The quantitative estimate of drug-likeness (QED) is 0.104. The van der Waals surface area contributed by atoms with Crippen LogP contribution in [0.4, 0.5) is 10.5 Å². The van der Waals surface area contributed by atoms with E-state index in [2.05, 4.69) is 66.8 Å². The minimum Gasteiger partial charge on any atom is -0.445 e. The molecule has 1 amide bonds. The van der Waals surface area contributed by atoms with Crippen molar-refractivity contribution in [3.05, 3.63) is 107 Å². The molecule has 1 saturated heterocycles. The fourth-order valence-electron chi connectivity index (χ4n) is 5.66. The molecule has 1 aromatic heterocycles. The molecule has 1 unspecified atom stereocenters. The highest BCUT2D eigenvalue weighted by atomic mass is 35.5. The van der Waals surface area contributed by atoms with E-state index in [1.807, 2.05) is 59.6 Å². The van der Waals surface area contributed by atoms with Gasteiger partial charge in [0.2, 0.25) is 0 Å². The summed E-state index contributed by atoms with van der Waals surface area (Å²) >= 11 is 6.72. The van der Waals surface area contributed by atoms with E-state index >= 15 is 0 Å². The zero-order valence-corrected chi connectivity index (χ0v) is 26.7. The molecule has 1 fully saturated rings. The Morgan fingerprint density at radius 1 is 1.05 bits per heavy atom. The van der Waals surface area contributed by atoms with Crippen molar-refractivity contribution in [2.45, 2.75) is 51.2 Å². The van der Waals surface area contributed by atoms with Gasteiger partial charge in [0.1, 0.15) is 13.3 Å². The van der Waals surface area contributed by atoms with Gasteiger partial charge in [-0.15, -0.1) is 0 Å². The predicted octanol–water partition coefficient (Wildman–Crippen LogP) is 8.25. The van der Waals surface area contributed by atoms with Crippen molar-refractivity contribution in [1.29, 1.82) is 0 Å². The Labute approximate surface area is 255 Å². The predicted molar refractivity (Wildman–Crippen MR) is 174 cm³/mol. The largest absolute Gasteiger partial charge is 0.445 e. The molecule has 0 spiro atoms. The summed E-state index contributed by atoms with van der Waals surface area (Å²) in [5, 5.41) is 1.78. The average molecular weight is 602 g/mol. The number of ether oxygens (including phenoxy) is 2. The van der Waals surface area contributed by atoms with Crippen molar-refractivity contribution in [3.8, 4) is 0 Å². The minimum absolute atomic E-state index is 0.235. The number of fused-ring (bicyclic) bond motifs is 1. The standard InChI is InChI=1S/C34H40ClN3O3Si/c1-26-30(13-8-14-31(26)35)34(17-19-37(24-34)33(39)41-23-27-10-6-5-7-11-27)38(25-40-20-21-42(2,3)4)29-16-15-28-12-9-18-36-32(28)22-29/h5-16,18,22H,17,19-21,23-25H2,1-4H3. The van der Waals surface area contributed by atoms with E-state index in [9.17, 15) is 4.79 Å². The zero-order valence-electron chi connectivity index (χ0n) is 25.0. The van der Waals surface area contributed by atoms with Gasteiger partial charge in [-0.05, 0) is 60.3 Å². The molecule has 4 aromatic rings. The summed E-state index contributed by atoms with van der Waals surface area (Å²) < 4.78 is 12.2. The molecule has 5 rings (SSSR count). The van der Waals surface area contributed by atoms with Gasteiger partial charge in [0.25, 0.3) is 0 Å². The molecule has 1 aliphatic rings. The van der Waals surface area contributed by atoms with Crippen LogP contribution in [0.25, 0.3) is 10.9 Å². The number of anilines is 1. The molecule has 220 valence electrons. The van der Waals surface area contributed by atoms with Gasteiger partial charge in [-0.3, -0.25) is 4.98 Å². The minimum atomic E-state index is -1.28. The van der Waals surface area contributed by atoms with Gasteiger partial charge in [-0.1, -0.05) is 85.8 Å². The van der Waals surface area contributed by atoms with Gasteiger partial charge in [-0.2, -0.15) is 0 Å². The number of carbonyl (C=O) groups is 1. The lowest BCUT2D eigenvalue weighted by molar-refractivity contribution is 0.0982. The molecule has 6 nitrogen and oxygen atoms in total. The summed E-state index contributed by atoms with van der Waals surface area (Å²) in [5.74, 6) is 0. The van der Waals surface area contributed by atoms with Crippen LogP contribution in [-0.4, -0.2) is 50.5 Å². The Balaban J connectivity index is 1.52. The van der Waals surface area contributed by atoms with Crippen molar-refractivity contribution in [2.24, 2.45) is 0 Å². The number of halogens is 1. The maximum Gasteiger partial charge on any atom is 0.410 e. The number of aromatic nitrogens is 1. The van der Waals surface area contributed by atoms with E-state index in [-0.39, 0.29) is 12.7 Å². The number of rotatable bonds is 10. The summed E-state index contributed by atoms with van der Waals surface area (Å²) in [6.07, 6.45) is 2.20. The second kappa shape index (κ2) is 12.9. The molecule has 1 aliphatic heterocycles. The molecule has 3 aromatic carbocycles. The first-order valence-electron chi connectivity index (χ1n) is 14.6. The Hall–Kier alpha value is -3.39. The van der Waals surface area contributed by atoms with E-state index in [1.165, 1.54) is 0 Å². The number of hydrogen-bond acceptors (Lipinski definition) is 5. The maximum absolute atomic E-state index is 13.4. The molecule has 2 heterocycles. The second-order valence-electron chi connectivity index (χ2n) is 12.3. The molecule has 8 heteroatoms. The Kier molecular flexibility index (Phi) is 9.21. The molecule has 0 radical (unpaired) electrons. The normalized spacial score (nSPS) is 17.0. The molecule has 0 N–H and O–H groups in total. The highest BCUT2D eigenvalue weighted by Gasteiger charge is 2.48. The van der Waals surface area contributed by atoms with E-state index < -0.39 is 13.6 Å². The highest BCUT2D eigenvalue weighted by molar-refractivity contribution is 6.76. The van der Waals surface area contributed by atoms with Gasteiger partial charge in [0, 0.05) is 43.5 Å². The van der Waals surface area contributed by atoms with Gasteiger partial charge >= 0.3 is 6.09 Å². The summed E-state index contributed by atoms with van der Waals surface area (Å²) in [7, 11) is -1.28. The van der Waals surface area contributed by atoms with Crippen molar-refractivity contribution in [3.63, 3.8) is 0 Å². The molecule has 0 saturated carbocycles. The molecular formula is C34H40ClN3O3Si. The third kappa shape index (κ3) is 6.80. The van der Waals surface area contributed by atoms with Crippen LogP contribution in [0.2, 0.25) is 30.7 Å². The molecule has 0 aliphatic carbocycles. The molecule has 42 heavy (non-hydrogen) atoms. The summed E-state index contributed by atoms with van der Waals surface area (Å²) in [6.45, 7) is 11.4. The van der Waals surface area contributed by atoms with Gasteiger partial charge in [0.05, 0.1) is 17.6 Å². The average Bonchev–Trinajstić information content (AvgIpc) is 3.43. The smallest absolute Gasteiger partial charge is 0.410 e. The van der Waals surface area contributed by atoms with E-state index in [4.69, 9.17) is 21.1 Å². The van der Waals surface area contributed by atoms with Crippen molar-refractivity contribution < 1.29 is 14.3 Å². The van der Waals surface area contributed by atoms with E-state index in [1.54, 1.807) is 0 Å². The van der Waals surface area contributed by atoms with Crippen LogP contribution in [0.15, 0.2) is 85.1 Å². The van der Waals surface area contributed by atoms with Gasteiger partial charge in [-0.25, -0.2) is 4.79 Å². The lowest BCUT2D eigenvalue weighted by Crippen LogP contribution is -2.50. The van der Waals surface area contributed by atoms with Crippen LogP contribution >= 0.6 is 11.6 Å². The topological polar surface area (TPSA) is 54.9 Å². The highest BCUT2D eigenvalue weighted by Crippen LogP contribution is 2.44. The van der Waals surface area contributed by atoms with Crippen LogP contribution in [0.5, 0.6) is 0 Å². The van der Waals surface area contributed by atoms with Crippen LogP contribution in [0.3, 0.4) is 0 Å². The third-order valence-electron chi connectivity index (χ3n) is 8.11. The van der Waals surface area contributed by atoms with Gasteiger partial charge < -0.3 is 19.3 Å². The fourth-order valence-corrected chi connectivity index (χ4v) is 6.59. The lowest BCUT2D eigenvalue weighted by Gasteiger charge is -2.44. The van der Waals surface area contributed by atoms with Crippen molar-refractivity contribution in [2.75, 3.05) is 31.3 Å². The summed E-state index contributed by atoms with van der Waals surface area (Å²) in [5.41, 5.74) is 4.38. The van der Waals surface area contributed by atoms with E-state index in [0.717, 1.165) is 39.3 Å². The van der Waals surface area contributed by atoms with Crippen LogP contribution in [0, 0.1) is 6.92 Å². The number of hydrogen-bond donors (Lipinski definition) is 0. The second-order valence-corrected chi connectivity index (χ2v) is 18.3. The number of benzene rings is 3. The molecule has 0 bridgehead atoms. The third-order valence-corrected chi connectivity index (χ3v) is 10.2. The molecule has 1 atom stereocenters. The Morgan fingerprint density at radius 2 is 1.86 bits per heavy atom. The number of carbonyl (C=O) groups excluding carboxylic acids is 1. The van der Waals surface area contributed by atoms with Crippen LogP contribution < -0.4 is 4.90 Å².